The number of amides is 1. The number of fused-ring (bicyclic) bond motifs is 1. The first-order chi connectivity index (χ1) is 23.7. The number of hydrogen-bond donors (Lipinski definition) is 2. The lowest BCUT2D eigenvalue weighted by Gasteiger charge is -2.15. The summed E-state index contributed by atoms with van der Waals surface area (Å²) in [6.07, 6.45) is 1.23. The van der Waals surface area contributed by atoms with Crippen molar-refractivity contribution in [2.24, 2.45) is 0 Å². The smallest absolute Gasteiger partial charge is 0.310 e. The fourth-order valence-corrected chi connectivity index (χ4v) is 6.62. The quantitative estimate of drug-likeness (QED) is 0.119. The summed E-state index contributed by atoms with van der Waals surface area (Å²) in [6.45, 7) is 5.34. The fourth-order valence-electron chi connectivity index (χ4n) is 5.86. The van der Waals surface area contributed by atoms with Crippen LogP contribution in [0.4, 0.5) is 0 Å². The van der Waals surface area contributed by atoms with Crippen molar-refractivity contribution in [2.75, 3.05) is 51.5 Å². The van der Waals surface area contributed by atoms with Crippen LogP contribution in [0.15, 0.2) is 66.7 Å². The highest BCUT2D eigenvalue weighted by Crippen LogP contribution is 2.31. The van der Waals surface area contributed by atoms with Gasteiger partial charge >= 0.3 is 5.97 Å². The summed E-state index contributed by atoms with van der Waals surface area (Å²) < 4.78 is 18.4. The maximum atomic E-state index is 13.5. The van der Waals surface area contributed by atoms with Gasteiger partial charge in [0.2, 0.25) is 5.91 Å². The van der Waals surface area contributed by atoms with Gasteiger partial charge in [0.05, 0.1) is 37.5 Å². The summed E-state index contributed by atoms with van der Waals surface area (Å²) in [4.78, 5) is 40.9. The summed E-state index contributed by atoms with van der Waals surface area (Å²) in [6, 6.07) is 20.1. The second-order valence-corrected chi connectivity index (χ2v) is 13.5. The summed E-state index contributed by atoms with van der Waals surface area (Å²) in [5.41, 5.74) is 3.61. The second-order valence-electron chi connectivity index (χ2n) is 11.9. The Morgan fingerprint density at radius 2 is 1.86 bits per heavy atom. The Morgan fingerprint density at radius 3 is 2.61 bits per heavy atom. The predicted molar refractivity (Wildman–Crippen MR) is 192 cm³/mol. The number of aliphatic hydroxyl groups is 1. The van der Waals surface area contributed by atoms with Gasteiger partial charge in [0, 0.05) is 53.6 Å². The largest absolute Gasteiger partial charge is 0.497 e. The number of halogens is 1. The Balaban J connectivity index is 1.01. The van der Waals surface area contributed by atoms with E-state index in [1.54, 1.807) is 48.1 Å². The molecule has 3 aromatic carbocycles. The molecule has 12 heteroatoms. The SMILES string of the molecule is COc1ccc2c(c1)c(CC(=O)OCCSCC(=O)NCCCOc1cccc(CN3CCC(O)C3)c1)c(C)n2C(=O)c1ccc(Cl)cc1. The van der Waals surface area contributed by atoms with Crippen molar-refractivity contribution in [3.8, 4) is 11.5 Å². The van der Waals surface area contributed by atoms with Crippen LogP contribution in [0.25, 0.3) is 10.9 Å². The van der Waals surface area contributed by atoms with E-state index < -0.39 is 5.97 Å². The van der Waals surface area contributed by atoms with Crippen LogP contribution in [0, 0.1) is 6.92 Å². The normalized spacial score (nSPS) is 14.6. The van der Waals surface area contributed by atoms with Gasteiger partial charge in [-0.3, -0.25) is 23.9 Å². The summed E-state index contributed by atoms with van der Waals surface area (Å²) in [7, 11) is 1.57. The van der Waals surface area contributed by atoms with E-state index in [0.29, 0.717) is 65.0 Å². The number of esters is 1. The van der Waals surface area contributed by atoms with E-state index >= 15 is 0 Å². The van der Waals surface area contributed by atoms with Gasteiger partial charge in [-0.05, 0) is 85.5 Å². The van der Waals surface area contributed by atoms with Crippen LogP contribution in [0.1, 0.15) is 40.0 Å². The van der Waals surface area contributed by atoms with Gasteiger partial charge in [-0.2, -0.15) is 0 Å². The van der Waals surface area contributed by atoms with Crippen LogP contribution in [0.5, 0.6) is 11.5 Å². The molecule has 1 aromatic heterocycles. The van der Waals surface area contributed by atoms with Crippen LogP contribution >= 0.6 is 23.4 Å². The van der Waals surface area contributed by atoms with Crippen molar-refractivity contribution in [3.63, 3.8) is 0 Å². The number of methoxy groups -OCH3 is 1. The molecule has 2 heterocycles. The van der Waals surface area contributed by atoms with Crippen molar-refractivity contribution >= 4 is 52.0 Å². The van der Waals surface area contributed by atoms with Crippen molar-refractivity contribution < 1.29 is 33.7 Å². The molecule has 1 fully saturated rings. The molecule has 1 saturated heterocycles. The molecule has 4 aromatic rings. The Bertz CT molecular complexity index is 1760. The molecule has 1 aliphatic heterocycles. The molecule has 49 heavy (non-hydrogen) atoms. The lowest BCUT2D eigenvalue weighted by Crippen LogP contribution is -2.27. The number of nitrogens with one attached hydrogen (secondary N) is 1. The standard InChI is InChI=1S/C37H42ClN3O7S/c1-25-32(33-20-30(46-2)11-12-34(33)41(25)37(45)27-7-9-28(38)10-8-27)21-36(44)48-17-18-49-24-35(43)39-14-4-16-47-31-6-3-5-26(19-31)22-40-15-13-29(42)23-40/h3,5-12,19-20,29,42H,4,13-18,21-24H2,1-2H3,(H,39,43). The van der Waals surface area contributed by atoms with Crippen LogP contribution in [-0.4, -0.2) is 89.9 Å². The molecule has 1 unspecified atom stereocenters. The third-order valence-electron chi connectivity index (χ3n) is 8.35. The van der Waals surface area contributed by atoms with E-state index in [1.165, 1.54) is 11.8 Å². The highest BCUT2D eigenvalue weighted by Gasteiger charge is 2.23. The number of likely N-dealkylation sites (tertiary alicyclic amines) is 1. The minimum Gasteiger partial charge on any atom is -0.497 e. The summed E-state index contributed by atoms with van der Waals surface area (Å²) in [5.74, 6) is 1.39. The molecule has 10 nitrogen and oxygen atoms in total. The van der Waals surface area contributed by atoms with Crippen molar-refractivity contribution in [1.82, 2.24) is 14.8 Å². The number of aliphatic hydroxyl groups excluding tert-OH is 1. The van der Waals surface area contributed by atoms with E-state index in [4.69, 9.17) is 25.8 Å². The summed E-state index contributed by atoms with van der Waals surface area (Å²) in [5, 5.41) is 13.9. The molecule has 1 amide bonds. The van der Waals surface area contributed by atoms with Gasteiger partial charge in [0.15, 0.2) is 0 Å². The molecular formula is C37H42ClN3O7S. The molecule has 0 aliphatic carbocycles. The van der Waals surface area contributed by atoms with Crippen molar-refractivity contribution in [3.05, 3.63) is 94.1 Å². The number of thioether (sulfide) groups is 1. The lowest BCUT2D eigenvalue weighted by molar-refractivity contribution is -0.142. The number of hydrogen-bond acceptors (Lipinski definition) is 9. The Labute approximate surface area is 295 Å². The van der Waals surface area contributed by atoms with E-state index in [0.717, 1.165) is 36.2 Å². The zero-order chi connectivity index (χ0) is 34.8. The first-order valence-electron chi connectivity index (χ1n) is 16.3. The number of ether oxygens (including phenoxy) is 3. The second kappa shape index (κ2) is 17.6. The van der Waals surface area contributed by atoms with Gasteiger partial charge in [-0.25, -0.2) is 0 Å². The van der Waals surface area contributed by atoms with Crippen LogP contribution in [0.2, 0.25) is 5.02 Å². The van der Waals surface area contributed by atoms with Gasteiger partial charge in [-0.15, -0.1) is 11.8 Å². The van der Waals surface area contributed by atoms with Gasteiger partial charge in [0.25, 0.3) is 5.91 Å². The minimum absolute atomic E-state index is 0.0174. The number of nitrogens with zero attached hydrogens (tertiary/aromatic N) is 2. The highest BCUT2D eigenvalue weighted by molar-refractivity contribution is 7.99. The number of β-amino-alcohol motifs (C(OH)–C–C–N with tert-alkyl or cyclic N) is 1. The fraction of sp³-hybridized carbons (Fsp3) is 0.378. The third-order valence-corrected chi connectivity index (χ3v) is 9.52. The zero-order valence-corrected chi connectivity index (χ0v) is 29.4. The average molecular weight is 708 g/mol. The minimum atomic E-state index is -0.422. The van der Waals surface area contributed by atoms with Gasteiger partial charge in [0.1, 0.15) is 18.1 Å². The third kappa shape index (κ3) is 10.0. The highest BCUT2D eigenvalue weighted by atomic mass is 35.5. The van der Waals surface area contributed by atoms with Crippen molar-refractivity contribution in [1.29, 1.82) is 0 Å². The molecule has 0 spiro atoms. The number of benzene rings is 3. The Kier molecular flexibility index (Phi) is 13.0. The van der Waals surface area contributed by atoms with Crippen molar-refractivity contribution in [2.45, 2.75) is 38.8 Å². The molecule has 0 saturated carbocycles. The van der Waals surface area contributed by atoms with E-state index in [2.05, 4.69) is 16.3 Å². The number of aromatic nitrogens is 1. The van der Waals surface area contributed by atoms with E-state index in [9.17, 15) is 19.5 Å². The first kappa shape index (κ1) is 36.3. The molecule has 1 aliphatic rings. The lowest BCUT2D eigenvalue weighted by atomic mass is 10.1. The number of carbonyl (C=O) groups excluding carboxylic acids is 3. The number of carbonyl (C=O) groups is 3. The molecule has 260 valence electrons. The zero-order valence-electron chi connectivity index (χ0n) is 27.8. The topological polar surface area (TPSA) is 119 Å². The van der Waals surface area contributed by atoms with Gasteiger partial charge in [-0.1, -0.05) is 23.7 Å². The maximum absolute atomic E-state index is 13.5. The van der Waals surface area contributed by atoms with Crippen LogP contribution in [0.3, 0.4) is 0 Å². The van der Waals surface area contributed by atoms with Crippen LogP contribution < -0.4 is 14.8 Å². The molecule has 0 bridgehead atoms. The number of rotatable bonds is 16. The van der Waals surface area contributed by atoms with Crippen LogP contribution in [-0.2, 0) is 27.3 Å². The monoisotopic (exact) mass is 707 g/mol. The maximum Gasteiger partial charge on any atom is 0.310 e. The Morgan fingerprint density at radius 1 is 1.04 bits per heavy atom. The molecule has 5 rings (SSSR count). The first-order valence-corrected chi connectivity index (χ1v) is 17.9. The summed E-state index contributed by atoms with van der Waals surface area (Å²) >= 11 is 7.41. The predicted octanol–water partition coefficient (Wildman–Crippen LogP) is 5.27. The Hall–Kier alpha value is -4.03. The molecular weight excluding hydrogens is 666 g/mol. The van der Waals surface area contributed by atoms with E-state index in [-0.39, 0.29) is 36.7 Å². The molecule has 0 radical (unpaired) electrons. The molecule has 2 N–H and O–H groups in total. The average Bonchev–Trinajstić information content (AvgIpc) is 3.62. The molecule has 1 atom stereocenters. The van der Waals surface area contributed by atoms with Gasteiger partial charge < -0.3 is 24.6 Å². The van der Waals surface area contributed by atoms with E-state index in [1.807, 2.05) is 31.2 Å².